The molecule has 0 saturated heterocycles. The Hall–Kier alpha value is -1.42. The first-order chi connectivity index (χ1) is 8.71. The van der Waals surface area contributed by atoms with Crippen LogP contribution in [0.5, 0.6) is 0 Å². The van der Waals surface area contributed by atoms with Crippen molar-refractivity contribution in [3.63, 3.8) is 0 Å². The number of aryl methyl sites for hydroxylation is 1. The van der Waals surface area contributed by atoms with Crippen LogP contribution in [0, 0.1) is 6.92 Å². The first-order valence-corrected chi connectivity index (χ1v) is 6.64. The molecule has 2 rings (SSSR count). The van der Waals surface area contributed by atoms with Crippen molar-refractivity contribution in [2.45, 2.75) is 46.1 Å². The summed E-state index contributed by atoms with van der Waals surface area (Å²) in [6.45, 7) is 7.06. The van der Waals surface area contributed by atoms with E-state index in [4.69, 9.17) is 4.98 Å². The van der Waals surface area contributed by atoms with Gasteiger partial charge >= 0.3 is 0 Å². The van der Waals surface area contributed by atoms with Crippen LogP contribution in [0.2, 0.25) is 0 Å². The molecule has 0 bridgehead atoms. The second-order valence-corrected chi connectivity index (χ2v) is 4.71. The number of aliphatic hydroxyl groups excluding tert-OH is 1. The number of pyridine rings is 1. The van der Waals surface area contributed by atoms with Crippen LogP contribution in [0.25, 0.3) is 11.2 Å². The number of hydrogen-bond acceptors (Lipinski definition) is 3. The SMILES string of the molecule is CCC(CC)c1nc2cc(C)cnc2n1CCO. The molecule has 1 N–H and O–H groups in total. The Morgan fingerprint density at radius 2 is 2.06 bits per heavy atom. The molecule has 2 aromatic rings. The fraction of sp³-hybridized carbons (Fsp3) is 0.571. The van der Waals surface area contributed by atoms with Crippen LogP contribution in [0.15, 0.2) is 12.3 Å². The molecule has 0 aromatic carbocycles. The van der Waals surface area contributed by atoms with Gasteiger partial charge in [0.15, 0.2) is 5.65 Å². The van der Waals surface area contributed by atoms with Crippen LogP contribution in [0.1, 0.15) is 44.0 Å². The Labute approximate surface area is 108 Å². The quantitative estimate of drug-likeness (QED) is 0.883. The van der Waals surface area contributed by atoms with Crippen molar-refractivity contribution < 1.29 is 5.11 Å². The molecule has 4 heteroatoms. The van der Waals surface area contributed by atoms with Crippen molar-refractivity contribution in [3.8, 4) is 0 Å². The third-order valence-corrected chi connectivity index (χ3v) is 3.43. The lowest BCUT2D eigenvalue weighted by molar-refractivity contribution is 0.274. The van der Waals surface area contributed by atoms with Crippen LogP contribution in [0.3, 0.4) is 0 Å². The Morgan fingerprint density at radius 1 is 1.33 bits per heavy atom. The smallest absolute Gasteiger partial charge is 0.160 e. The lowest BCUT2D eigenvalue weighted by Crippen LogP contribution is -2.11. The summed E-state index contributed by atoms with van der Waals surface area (Å²) >= 11 is 0. The predicted octanol–water partition coefficient (Wildman–Crippen LogP) is 2.64. The van der Waals surface area contributed by atoms with E-state index < -0.39 is 0 Å². The standard InChI is InChI=1S/C14H21N3O/c1-4-11(5-2)13-16-12-8-10(3)9-15-14(12)17(13)6-7-18/h8-9,11,18H,4-7H2,1-3H3. The molecule has 0 amide bonds. The molecular weight excluding hydrogens is 226 g/mol. The fourth-order valence-electron chi connectivity index (χ4n) is 2.42. The number of aromatic nitrogens is 3. The zero-order chi connectivity index (χ0) is 13.1. The lowest BCUT2D eigenvalue weighted by Gasteiger charge is -2.14. The highest BCUT2D eigenvalue weighted by Crippen LogP contribution is 2.26. The van der Waals surface area contributed by atoms with E-state index in [0.717, 1.165) is 35.4 Å². The van der Waals surface area contributed by atoms with E-state index in [0.29, 0.717) is 12.5 Å². The van der Waals surface area contributed by atoms with Crippen molar-refractivity contribution in [3.05, 3.63) is 23.7 Å². The number of rotatable bonds is 5. The summed E-state index contributed by atoms with van der Waals surface area (Å²) in [6, 6.07) is 2.06. The molecule has 4 nitrogen and oxygen atoms in total. The zero-order valence-electron chi connectivity index (χ0n) is 11.3. The van der Waals surface area contributed by atoms with E-state index in [1.54, 1.807) is 0 Å². The molecule has 0 unspecified atom stereocenters. The minimum Gasteiger partial charge on any atom is -0.395 e. The van der Waals surface area contributed by atoms with E-state index in [1.807, 2.05) is 13.1 Å². The summed E-state index contributed by atoms with van der Waals surface area (Å²) in [6.07, 6.45) is 3.98. The van der Waals surface area contributed by atoms with Crippen molar-refractivity contribution in [2.24, 2.45) is 0 Å². The van der Waals surface area contributed by atoms with Gasteiger partial charge in [0, 0.05) is 18.7 Å². The van der Waals surface area contributed by atoms with Crippen molar-refractivity contribution in [2.75, 3.05) is 6.61 Å². The van der Waals surface area contributed by atoms with Crippen LogP contribution in [-0.2, 0) is 6.54 Å². The minimum absolute atomic E-state index is 0.119. The Kier molecular flexibility index (Phi) is 3.97. The van der Waals surface area contributed by atoms with Gasteiger partial charge in [0.05, 0.1) is 6.61 Å². The highest BCUT2D eigenvalue weighted by molar-refractivity contribution is 5.72. The summed E-state index contributed by atoms with van der Waals surface area (Å²) < 4.78 is 2.06. The molecule has 0 fully saturated rings. The van der Waals surface area contributed by atoms with Crippen molar-refractivity contribution in [1.82, 2.24) is 14.5 Å². The van der Waals surface area contributed by atoms with Gasteiger partial charge in [-0.1, -0.05) is 13.8 Å². The summed E-state index contributed by atoms with van der Waals surface area (Å²) in [5.41, 5.74) is 2.94. The maximum atomic E-state index is 9.23. The highest BCUT2D eigenvalue weighted by Gasteiger charge is 2.18. The van der Waals surface area contributed by atoms with Crippen LogP contribution < -0.4 is 0 Å². The number of aliphatic hydroxyl groups is 1. The lowest BCUT2D eigenvalue weighted by atomic mass is 10.0. The molecule has 2 heterocycles. The zero-order valence-corrected chi connectivity index (χ0v) is 11.3. The summed E-state index contributed by atoms with van der Waals surface area (Å²) in [5, 5.41) is 9.23. The number of nitrogens with zero attached hydrogens (tertiary/aromatic N) is 3. The molecule has 2 aromatic heterocycles. The summed E-state index contributed by atoms with van der Waals surface area (Å²) in [4.78, 5) is 9.18. The number of imidazole rings is 1. The number of fused-ring (bicyclic) bond motifs is 1. The highest BCUT2D eigenvalue weighted by atomic mass is 16.3. The van der Waals surface area contributed by atoms with Gasteiger partial charge in [0.2, 0.25) is 0 Å². The van der Waals surface area contributed by atoms with E-state index in [9.17, 15) is 5.11 Å². The second kappa shape index (κ2) is 5.48. The van der Waals surface area contributed by atoms with Gasteiger partial charge in [-0.25, -0.2) is 9.97 Å². The van der Waals surface area contributed by atoms with Crippen LogP contribution in [0.4, 0.5) is 0 Å². The van der Waals surface area contributed by atoms with Crippen molar-refractivity contribution in [1.29, 1.82) is 0 Å². The first kappa shape index (κ1) is 13.0. The second-order valence-electron chi connectivity index (χ2n) is 4.71. The van der Waals surface area contributed by atoms with Gasteiger partial charge in [-0.05, 0) is 31.4 Å². The third kappa shape index (κ3) is 2.25. The first-order valence-electron chi connectivity index (χ1n) is 6.64. The van der Waals surface area contributed by atoms with Crippen LogP contribution in [-0.4, -0.2) is 26.2 Å². The molecule has 0 aliphatic carbocycles. The molecular formula is C14H21N3O. The molecule has 0 aliphatic rings. The number of hydrogen-bond donors (Lipinski definition) is 1. The summed E-state index contributed by atoms with van der Waals surface area (Å²) in [5.74, 6) is 1.49. The monoisotopic (exact) mass is 247 g/mol. The Bertz CT molecular complexity index is 529. The van der Waals surface area contributed by atoms with E-state index in [2.05, 4.69) is 29.5 Å². The topological polar surface area (TPSA) is 50.9 Å². The van der Waals surface area contributed by atoms with Gasteiger partial charge in [0.25, 0.3) is 0 Å². The van der Waals surface area contributed by atoms with Gasteiger partial charge in [-0.2, -0.15) is 0 Å². The largest absolute Gasteiger partial charge is 0.395 e. The van der Waals surface area contributed by atoms with E-state index in [-0.39, 0.29) is 6.61 Å². The van der Waals surface area contributed by atoms with Gasteiger partial charge in [0.1, 0.15) is 11.3 Å². The van der Waals surface area contributed by atoms with Gasteiger partial charge in [-0.3, -0.25) is 0 Å². The predicted molar refractivity (Wildman–Crippen MR) is 72.7 cm³/mol. The minimum atomic E-state index is 0.119. The average Bonchev–Trinajstić information content (AvgIpc) is 2.70. The van der Waals surface area contributed by atoms with E-state index in [1.165, 1.54) is 0 Å². The van der Waals surface area contributed by atoms with E-state index >= 15 is 0 Å². The van der Waals surface area contributed by atoms with Crippen LogP contribution >= 0.6 is 0 Å². The fourth-order valence-corrected chi connectivity index (χ4v) is 2.42. The molecule has 0 atom stereocenters. The van der Waals surface area contributed by atoms with Gasteiger partial charge < -0.3 is 9.67 Å². The maximum absolute atomic E-state index is 9.23. The van der Waals surface area contributed by atoms with Gasteiger partial charge in [-0.15, -0.1) is 0 Å². The molecule has 0 saturated carbocycles. The Balaban J connectivity index is 2.59. The normalized spacial score (nSPS) is 11.6. The molecule has 0 aliphatic heterocycles. The van der Waals surface area contributed by atoms with Crippen molar-refractivity contribution >= 4 is 11.2 Å². The third-order valence-electron chi connectivity index (χ3n) is 3.43. The summed E-state index contributed by atoms with van der Waals surface area (Å²) in [7, 11) is 0. The molecule has 98 valence electrons. The molecule has 18 heavy (non-hydrogen) atoms. The molecule has 0 radical (unpaired) electrons. The average molecular weight is 247 g/mol. The molecule has 0 spiro atoms. The Morgan fingerprint density at radius 3 is 2.67 bits per heavy atom. The maximum Gasteiger partial charge on any atom is 0.160 e.